The van der Waals surface area contributed by atoms with E-state index in [2.05, 4.69) is 33.3 Å². The van der Waals surface area contributed by atoms with Gasteiger partial charge in [-0.2, -0.15) is 0 Å². The number of hydrogen-bond acceptors (Lipinski definition) is 5. The van der Waals surface area contributed by atoms with Crippen molar-refractivity contribution in [3.63, 3.8) is 0 Å². The van der Waals surface area contributed by atoms with Crippen LogP contribution in [0.1, 0.15) is 30.1 Å². The molecule has 0 aliphatic heterocycles. The molecule has 6 nitrogen and oxygen atoms in total. The Kier molecular flexibility index (Phi) is 5.00. The summed E-state index contributed by atoms with van der Waals surface area (Å²) in [6.07, 6.45) is 3.86. The fourth-order valence-electron chi connectivity index (χ4n) is 3.34. The lowest BCUT2D eigenvalue weighted by molar-refractivity contribution is -0.137. The SMILES string of the molecule is CCc1nc(NC(Cc2c[nH]c3ccccc23)C(=O)O)c2cc(CC)sc2n1. The van der Waals surface area contributed by atoms with Crippen molar-refractivity contribution in [3.8, 4) is 0 Å². The van der Waals surface area contributed by atoms with E-state index >= 15 is 0 Å². The third-order valence-corrected chi connectivity index (χ3v) is 6.04. The number of nitrogens with one attached hydrogen (secondary N) is 2. The van der Waals surface area contributed by atoms with E-state index in [1.807, 2.05) is 37.4 Å². The molecule has 3 N–H and O–H groups in total. The molecular weight excluding hydrogens is 372 g/mol. The third-order valence-electron chi connectivity index (χ3n) is 4.86. The molecule has 3 aromatic heterocycles. The van der Waals surface area contributed by atoms with Gasteiger partial charge >= 0.3 is 5.97 Å². The average molecular weight is 395 g/mol. The van der Waals surface area contributed by atoms with Crippen LogP contribution in [0.2, 0.25) is 0 Å². The van der Waals surface area contributed by atoms with E-state index in [9.17, 15) is 9.90 Å². The van der Waals surface area contributed by atoms with Gasteiger partial charge in [-0.3, -0.25) is 0 Å². The van der Waals surface area contributed by atoms with Crippen molar-refractivity contribution >= 4 is 44.2 Å². The second kappa shape index (κ2) is 7.59. The summed E-state index contributed by atoms with van der Waals surface area (Å²) in [7, 11) is 0. The number of aromatic amines is 1. The molecule has 1 atom stereocenters. The van der Waals surface area contributed by atoms with Crippen molar-refractivity contribution in [2.45, 2.75) is 39.2 Å². The Balaban J connectivity index is 1.70. The number of nitrogens with zero attached hydrogens (tertiary/aromatic N) is 2. The molecule has 7 heteroatoms. The Hall–Kier alpha value is -2.93. The van der Waals surface area contributed by atoms with Crippen molar-refractivity contribution in [3.05, 3.63) is 52.8 Å². The largest absolute Gasteiger partial charge is 0.480 e. The number of aryl methyl sites for hydroxylation is 2. The Morgan fingerprint density at radius 2 is 2.04 bits per heavy atom. The van der Waals surface area contributed by atoms with Crippen LogP contribution < -0.4 is 5.32 Å². The van der Waals surface area contributed by atoms with Crippen LogP contribution in [-0.2, 0) is 24.1 Å². The van der Waals surface area contributed by atoms with Gasteiger partial charge in [0, 0.05) is 34.8 Å². The minimum absolute atomic E-state index is 0.358. The van der Waals surface area contributed by atoms with Crippen LogP contribution in [0.15, 0.2) is 36.5 Å². The Morgan fingerprint density at radius 1 is 1.21 bits per heavy atom. The standard InChI is InChI=1S/C21H22N4O2S/c1-3-13-10-15-19(24-18(4-2)25-20(15)28-13)23-17(21(26)27)9-12-11-22-16-8-6-5-7-14(12)16/h5-8,10-11,17,22H,3-4,9H2,1-2H3,(H,26,27)(H,23,24,25). The van der Waals surface area contributed by atoms with Crippen molar-refractivity contribution in [1.82, 2.24) is 15.0 Å². The number of anilines is 1. The van der Waals surface area contributed by atoms with Gasteiger partial charge in [0.05, 0.1) is 5.39 Å². The van der Waals surface area contributed by atoms with Crippen molar-refractivity contribution < 1.29 is 9.90 Å². The first-order chi connectivity index (χ1) is 13.6. The minimum Gasteiger partial charge on any atom is -0.480 e. The van der Waals surface area contributed by atoms with Gasteiger partial charge in [0.15, 0.2) is 0 Å². The van der Waals surface area contributed by atoms with E-state index < -0.39 is 12.0 Å². The summed E-state index contributed by atoms with van der Waals surface area (Å²) < 4.78 is 0. The average Bonchev–Trinajstić information content (AvgIpc) is 3.31. The Morgan fingerprint density at radius 3 is 2.79 bits per heavy atom. The van der Waals surface area contributed by atoms with Gasteiger partial charge in [0.1, 0.15) is 22.5 Å². The number of benzene rings is 1. The third kappa shape index (κ3) is 3.45. The van der Waals surface area contributed by atoms with Crippen LogP contribution in [0.3, 0.4) is 0 Å². The monoisotopic (exact) mass is 394 g/mol. The molecule has 144 valence electrons. The molecule has 1 aromatic carbocycles. The van der Waals surface area contributed by atoms with E-state index in [1.165, 1.54) is 4.88 Å². The van der Waals surface area contributed by atoms with Gasteiger partial charge < -0.3 is 15.4 Å². The minimum atomic E-state index is -0.902. The Labute approximate surface area is 166 Å². The number of fused-ring (bicyclic) bond motifs is 2. The highest BCUT2D eigenvalue weighted by atomic mass is 32.1. The fraction of sp³-hybridized carbons (Fsp3) is 0.286. The number of rotatable bonds is 7. The summed E-state index contributed by atoms with van der Waals surface area (Å²) in [6.45, 7) is 4.10. The number of carboxylic acids is 1. The summed E-state index contributed by atoms with van der Waals surface area (Å²) >= 11 is 1.64. The smallest absolute Gasteiger partial charge is 0.326 e. The molecule has 4 rings (SSSR count). The molecule has 0 spiro atoms. The maximum atomic E-state index is 12.0. The van der Waals surface area contributed by atoms with Crippen LogP contribution in [-0.4, -0.2) is 32.1 Å². The molecule has 0 aliphatic carbocycles. The van der Waals surface area contributed by atoms with E-state index in [-0.39, 0.29) is 0 Å². The fourth-order valence-corrected chi connectivity index (χ4v) is 4.33. The van der Waals surface area contributed by atoms with Gasteiger partial charge in [-0.05, 0) is 24.1 Å². The van der Waals surface area contributed by atoms with E-state index in [0.717, 1.165) is 38.9 Å². The van der Waals surface area contributed by atoms with E-state index in [1.54, 1.807) is 11.3 Å². The van der Waals surface area contributed by atoms with Gasteiger partial charge in [-0.25, -0.2) is 14.8 Å². The number of para-hydroxylation sites is 1. The molecule has 0 bridgehead atoms. The molecule has 28 heavy (non-hydrogen) atoms. The summed E-state index contributed by atoms with van der Waals surface area (Å²) in [5.41, 5.74) is 1.97. The number of carboxylic acid groups (broad SMARTS) is 1. The summed E-state index contributed by atoms with van der Waals surface area (Å²) in [6, 6.07) is 9.19. The van der Waals surface area contributed by atoms with Gasteiger partial charge in [0.2, 0.25) is 0 Å². The highest BCUT2D eigenvalue weighted by molar-refractivity contribution is 7.18. The second-order valence-corrected chi connectivity index (χ2v) is 7.84. The van der Waals surface area contributed by atoms with Crippen LogP contribution in [0.25, 0.3) is 21.1 Å². The molecule has 0 saturated heterocycles. The summed E-state index contributed by atoms with van der Waals surface area (Å²) in [4.78, 5) is 26.5. The van der Waals surface area contributed by atoms with Crippen LogP contribution in [0.5, 0.6) is 0 Å². The molecule has 0 fully saturated rings. The highest BCUT2D eigenvalue weighted by Crippen LogP contribution is 2.30. The lowest BCUT2D eigenvalue weighted by Gasteiger charge is -2.16. The molecular formula is C21H22N4O2S. The van der Waals surface area contributed by atoms with Crippen LogP contribution >= 0.6 is 11.3 Å². The van der Waals surface area contributed by atoms with Crippen molar-refractivity contribution in [1.29, 1.82) is 0 Å². The number of aromatic nitrogens is 3. The molecule has 1 unspecified atom stereocenters. The lowest BCUT2D eigenvalue weighted by atomic mass is 10.0. The van der Waals surface area contributed by atoms with Gasteiger partial charge in [-0.1, -0.05) is 32.0 Å². The van der Waals surface area contributed by atoms with Crippen LogP contribution in [0, 0.1) is 0 Å². The zero-order chi connectivity index (χ0) is 19.7. The molecule has 0 aliphatic rings. The first-order valence-electron chi connectivity index (χ1n) is 9.42. The number of H-pyrrole nitrogens is 1. The quantitative estimate of drug-likeness (QED) is 0.432. The normalized spacial score (nSPS) is 12.5. The van der Waals surface area contributed by atoms with Crippen molar-refractivity contribution in [2.24, 2.45) is 0 Å². The molecule has 0 saturated carbocycles. The molecule has 4 aromatic rings. The molecule has 0 radical (unpaired) electrons. The first kappa shape index (κ1) is 18.4. The molecule has 3 heterocycles. The zero-order valence-corrected chi connectivity index (χ0v) is 16.6. The number of carbonyl (C=O) groups is 1. The first-order valence-corrected chi connectivity index (χ1v) is 10.2. The number of thiophene rings is 1. The molecule has 0 amide bonds. The maximum Gasteiger partial charge on any atom is 0.326 e. The maximum absolute atomic E-state index is 12.0. The lowest BCUT2D eigenvalue weighted by Crippen LogP contribution is -2.32. The van der Waals surface area contributed by atoms with Crippen molar-refractivity contribution in [2.75, 3.05) is 5.32 Å². The van der Waals surface area contributed by atoms with E-state index in [4.69, 9.17) is 0 Å². The Bertz CT molecular complexity index is 1150. The predicted octanol–water partition coefficient (Wildman–Crippen LogP) is 4.41. The number of aliphatic carboxylic acids is 1. The van der Waals surface area contributed by atoms with Crippen LogP contribution in [0.4, 0.5) is 5.82 Å². The van der Waals surface area contributed by atoms with Gasteiger partial charge in [-0.15, -0.1) is 11.3 Å². The number of hydrogen-bond donors (Lipinski definition) is 3. The summed E-state index contributed by atoms with van der Waals surface area (Å²) in [5, 5.41) is 15.0. The topological polar surface area (TPSA) is 90.9 Å². The zero-order valence-electron chi connectivity index (χ0n) is 15.8. The van der Waals surface area contributed by atoms with Gasteiger partial charge in [0.25, 0.3) is 0 Å². The second-order valence-electron chi connectivity index (χ2n) is 6.73. The highest BCUT2D eigenvalue weighted by Gasteiger charge is 2.22. The predicted molar refractivity (Wildman–Crippen MR) is 113 cm³/mol. The van der Waals surface area contributed by atoms with E-state index in [0.29, 0.717) is 18.7 Å². The summed E-state index contributed by atoms with van der Waals surface area (Å²) in [5.74, 6) is 0.418.